The molecule has 1 atom stereocenters. The summed E-state index contributed by atoms with van der Waals surface area (Å²) in [7, 11) is 0. The van der Waals surface area contributed by atoms with Gasteiger partial charge in [0.25, 0.3) is 0 Å². The lowest BCUT2D eigenvalue weighted by molar-refractivity contribution is -0.138. The van der Waals surface area contributed by atoms with Gasteiger partial charge in [-0.15, -0.1) is 0 Å². The van der Waals surface area contributed by atoms with Gasteiger partial charge in [-0.1, -0.05) is 44.5 Å². The second-order valence-corrected chi connectivity index (χ2v) is 5.81. The van der Waals surface area contributed by atoms with Crippen LogP contribution in [0.4, 0.5) is 13.2 Å². The highest BCUT2D eigenvalue weighted by Gasteiger charge is 2.35. The number of nitrogens with zero attached hydrogens (tertiary/aromatic N) is 2. The van der Waals surface area contributed by atoms with Crippen molar-refractivity contribution >= 4 is 0 Å². The third-order valence-corrected chi connectivity index (χ3v) is 3.75. The molecule has 1 aromatic carbocycles. The van der Waals surface area contributed by atoms with Gasteiger partial charge in [0.1, 0.15) is 12.4 Å². The Morgan fingerprint density at radius 1 is 1.36 bits per heavy atom. The summed E-state index contributed by atoms with van der Waals surface area (Å²) >= 11 is 0. The van der Waals surface area contributed by atoms with Crippen molar-refractivity contribution in [3.8, 4) is 17.1 Å². The summed E-state index contributed by atoms with van der Waals surface area (Å²) in [6, 6.07) is 3.72. The van der Waals surface area contributed by atoms with Crippen molar-refractivity contribution in [1.29, 1.82) is 0 Å². The van der Waals surface area contributed by atoms with Gasteiger partial charge in [-0.3, -0.25) is 0 Å². The minimum absolute atomic E-state index is 0.0102. The van der Waals surface area contributed by atoms with E-state index in [4.69, 9.17) is 9.26 Å². The molecule has 4 nitrogen and oxygen atoms in total. The minimum Gasteiger partial charge on any atom is -0.489 e. The third-order valence-electron chi connectivity index (χ3n) is 3.75. The van der Waals surface area contributed by atoms with Crippen molar-refractivity contribution in [2.45, 2.75) is 45.2 Å². The van der Waals surface area contributed by atoms with Gasteiger partial charge >= 0.3 is 6.18 Å². The van der Waals surface area contributed by atoms with Crippen LogP contribution in [-0.2, 0) is 6.18 Å². The van der Waals surface area contributed by atoms with E-state index in [9.17, 15) is 13.2 Å². The molecule has 2 rings (SSSR count). The second-order valence-electron chi connectivity index (χ2n) is 5.81. The summed E-state index contributed by atoms with van der Waals surface area (Å²) < 4.78 is 50.1. The molecule has 0 saturated heterocycles. The number of benzene rings is 1. The first kappa shape index (κ1) is 19.0. The standard InChI is InChI=1S/C18H21F3N2O2/c1-4-6-7-12(3)17-22-16(23-25-17)13-8-9-15(24-10-5-2)14(11-13)18(19,20)21/h5,8-9,11-12H,2,4,6-7,10H2,1,3H3/t12-/m0/s1. The van der Waals surface area contributed by atoms with Crippen molar-refractivity contribution in [3.05, 3.63) is 42.3 Å². The summed E-state index contributed by atoms with van der Waals surface area (Å²) in [4.78, 5) is 4.25. The van der Waals surface area contributed by atoms with E-state index in [1.165, 1.54) is 18.2 Å². The van der Waals surface area contributed by atoms with Crippen LogP contribution in [0.1, 0.15) is 50.5 Å². The molecule has 0 aliphatic heterocycles. The van der Waals surface area contributed by atoms with Crippen molar-refractivity contribution in [2.75, 3.05) is 6.61 Å². The maximum absolute atomic E-state index is 13.3. The summed E-state index contributed by atoms with van der Waals surface area (Å²) in [5.74, 6) is 0.387. The first-order valence-corrected chi connectivity index (χ1v) is 8.15. The predicted octanol–water partition coefficient (Wildman–Crippen LogP) is 5.61. The normalized spacial score (nSPS) is 12.8. The highest BCUT2D eigenvalue weighted by atomic mass is 19.4. The van der Waals surface area contributed by atoms with Crippen LogP contribution in [0.15, 0.2) is 35.4 Å². The van der Waals surface area contributed by atoms with E-state index in [1.54, 1.807) is 0 Å². The molecule has 0 N–H and O–H groups in total. The van der Waals surface area contributed by atoms with E-state index in [0.717, 1.165) is 25.3 Å². The van der Waals surface area contributed by atoms with Crippen LogP contribution < -0.4 is 4.74 Å². The molecular weight excluding hydrogens is 333 g/mol. The molecule has 0 spiro atoms. The molecule has 0 radical (unpaired) electrons. The Balaban J connectivity index is 2.30. The van der Waals surface area contributed by atoms with Crippen molar-refractivity contribution < 1.29 is 22.4 Å². The van der Waals surface area contributed by atoms with Crippen molar-refractivity contribution in [3.63, 3.8) is 0 Å². The zero-order valence-electron chi connectivity index (χ0n) is 14.3. The molecule has 0 aliphatic carbocycles. The van der Waals surface area contributed by atoms with E-state index >= 15 is 0 Å². The number of ether oxygens (including phenoxy) is 1. The smallest absolute Gasteiger partial charge is 0.419 e. The second kappa shape index (κ2) is 8.18. The highest BCUT2D eigenvalue weighted by molar-refractivity contribution is 5.59. The molecule has 0 aliphatic rings. The van der Waals surface area contributed by atoms with E-state index in [-0.39, 0.29) is 29.7 Å². The first-order chi connectivity index (χ1) is 11.9. The Labute approximate surface area is 144 Å². The number of aromatic nitrogens is 2. The zero-order valence-corrected chi connectivity index (χ0v) is 14.3. The lowest BCUT2D eigenvalue weighted by atomic mass is 10.0. The highest BCUT2D eigenvalue weighted by Crippen LogP contribution is 2.38. The largest absolute Gasteiger partial charge is 0.489 e. The van der Waals surface area contributed by atoms with Gasteiger partial charge in [-0.2, -0.15) is 18.2 Å². The van der Waals surface area contributed by atoms with Gasteiger partial charge in [0.15, 0.2) is 0 Å². The number of rotatable bonds is 8. The van der Waals surface area contributed by atoms with Gasteiger partial charge in [0.05, 0.1) is 5.56 Å². The Hall–Kier alpha value is -2.31. The number of unbranched alkanes of at least 4 members (excludes halogenated alkanes) is 1. The van der Waals surface area contributed by atoms with Crippen LogP contribution in [0.3, 0.4) is 0 Å². The Bertz CT molecular complexity index is 711. The van der Waals surface area contributed by atoms with E-state index in [2.05, 4.69) is 23.6 Å². The lowest BCUT2D eigenvalue weighted by Gasteiger charge is -2.13. The third kappa shape index (κ3) is 4.84. The predicted molar refractivity (Wildman–Crippen MR) is 88.4 cm³/mol. The lowest BCUT2D eigenvalue weighted by Crippen LogP contribution is -2.09. The molecule has 0 bridgehead atoms. The van der Waals surface area contributed by atoms with Crippen LogP contribution >= 0.6 is 0 Å². The van der Waals surface area contributed by atoms with Gasteiger partial charge in [0, 0.05) is 11.5 Å². The number of halogens is 3. The van der Waals surface area contributed by atoms with Crippen LogP contribution in [0.5, 0.6) is 5.75 Å². The number of alkyl halides is 3. The molecule has 0 fully saturated rings. The van der Waals surface area contributed by atoms with Gasteiger partial charge in [-0.25, -0.2) is 0 Å². The molecule has 0 amide bonds. The molecule has 1 aromatic heterocycles. The van der Waals surface area contributed by atoms with Crippen molar-refractivity contribution in [1.82, 2.24) is 10.1 Å². The molecule has 0 unspecified atom stereocenters. The average Bonchev–Trinajstić information content (AvgIpc) is 3.07. The Morgan fingerprint density at radius 2 is 2.12 bits per heavy atom. The van der Waals surface area contributed by atoms with Gasteiger partial charge in [-0.05, 0) is 24.6 Å². The molecule has 25 heavy (non-hydrogen) atoms. The van der Waals surface area contributed by atoms with Crippen molar-refractivity contribution in [2.24, 2.45) is 0 Å². The van der Waals surface area contributed by atoms with E-state index in [1.807, 2.05) is 6.92 Å². The summed E-state index contributed by atoms with van der Waals surface area (Å²) in [6.07, 6.45) is -0.204. The van der Waals surface area contributed by atoms with E-state index < -0.39 is 11.7 Å². The number of hydrogen-bond donors (Lipinski definition) is 0. The fourth-order valence-corrected chi connectivity index (χ4v) is 2.35. The average molecular weight is 354 g/mol. The first-order valence-electron chi connectivity index (χ1n) is 8.15. The van der Waals surface area contributed by atoms with Gasteiger partial charge in [0.2, 0.25) is 11.7 Å². The summed E-state index contributed by atoms with van der Waals surface area (Å²) in [5, 5.41) is 3.82. The van der Waals surface area contributed by atoms with Crippen LogP contribution in [-0.4, -0.2) is 16.7 Å². The fourth-order valence-electron chi connectivity index (χ4n) is 2.35. The summed E-state index contributed by atoms with van der Waals surface area (Å²) in [6.45, 7) is 7.47. The zero-order chi connectivity index (χ0) is 18.4. The van der Waals surface area contributed by atoms with Crippen LogP contribution in [0, 0.1) is 0 Å². The van der Waals surface area contributed by atoms with E-state index in [0.29, 0.717) is 5.89 Å². The quantitative estimate of drug-likeness (QED) is 0.578. The van der Waals surface area contributed by atoms with Gasteiger partial charge < -0.3 is 9.26 Å². The fraction of sp³-hybridized carbons (Fsp3) is 0.444. The SMILES string of the molecule is C=CCOc1ccc(-c2noc([C@@H](C)CCCC)n2)cc1C(F)(F)F. The molecule has 7 heteroatoms. The number of hydrogen-bond acceptors (Lipinski definition) is 4. The Kier molecular flexibility index (Phi) is 6.22. The van der Waals surface area contributed by atoms with Crippen LogP contribution in [0.25, 0.3) is 11.4 Å². The maximum Gasteiger partial charge on any atom is 0.419 e. The monoisotopic (exact) mass is 354 g/mol. The Morgan fingerprint density at radius 3 is 2.76 bits per heavy atom. The molecule has 2 aromatic rings. The minimum atomic E-state index is -4.55. The molecule has 136 valence electrons. The molecular formula is C18H21F3N2O2. The summed E-state index contributed by atoms with van der Waals surface area (Å²) in [5.41, 5.74) is -0.645. The topological polar surface area (TPSA) is 48.2 Å². The molecule has 1 heterocycles. The van der Waals surface area contributed by atoms with Crippen LogP contribution in [0.2, 0.25) is 0 Å². The maximum atomic E-state index is 13.3. The molecule has 0 saturated carbocycles.